The minimum atomic E-state index is 0.521. The lowest BCUT2D eigenvalue weighted by atomic mass is 9.98. The van der Waals surface area contributed by atoms with E-state index in [9.17, 15) is 0 Å². The van der Waals surface area contributed by atoms with E-state index in [-0.39, 0.29) is 0 Å². The maximum Gasteiger partial charge on any atom is 0.0542 e. The van der Waals surface area contributed by atoms with Crippen molar-refractivity contribution in [2.45, 2.75) is 16.1 Å². The standard InChI is InChI=1S/C22H10Br2S4/c23-9-1-3-11-15(7-9)25-19-13-5-6-14-20-18(28-22(14)21(13)27-17(11)19)12-4-2-10(24)8-16(12)26-20/h1-8,11,15H. The average molecular weight is 562 g/mol. The molecule has 0 nitrogen and oxygen atoms in total. The van der Waals surface area contributed by atoms with Crippen molar-refractivity contribution in [3.63, 3.8) is 0 Å². The maximum absolute atomic E-state index is 3.64. The summed E-state index contributed by atoms with van der Waals surface area (Å²) in [5, 5.41) is 4.80. The van der Waals surface area contributed by atoms with Crippen LogP contribution < -0.4 is 0 Å². The molecule has 0 saturated carbocycles. The predicted molar refractivity (Wildman–Crippen MR) is 136 cm³/mol. The molecule has 0 bridgehead atoms. The third-order valence-electron chi connectivity index (χ3n) is 5.54. The zero-order valence-corrected chi connectivity index (χ0v) is 20.6. The summed E-state index contributed by atoms with van der Waals surface area (Å²) in [5.74, 6) is 0.521. The topological polar surface area (TPSA) is 0 Å². The maximum atomic E-state index is 3.64. The summed E-state index contributed by atoms with van der Waals surface area (Å²) >= 11 is 15.2. The average Bonchev–Trinajstić information content (AvgIpc) is 3.38. The van der Waals surface area contributed by atoms with E-state index in [1.165, 1.54) is 49.0 Å². The summed E-state index contributed by atoms with van der Waals surface area (Å²) < 4.78 is 9.57. The van der Waals surface area contributed by atoms with Gasteiger partial charge in [0.05, 0.1) is 18.8 Å². The molecule has 136 valence electrons. The molecule has 1 aliphatic carbocycles. The smallest absolute Gasteiger partial charge is 0.0542 e. The fraction of sp³-hybridized carbons (Fsp3) is 0.0909. The first-order chi connectivity index (χ1) is 13.7. The van der Waals surface area contributed by atoms with E-state index in [0.29, 0.717) is 11.2 Å². The van der Waals surface area contributed by atoms with Gasteiger partial charge in [0.1, 0.15) is 0 Å². The van der Waals surface area contributed by atoms with Gasteiger partial charge in [0.15, 0.2) is 0 Å². The summed E-state index contributed by atoms with van der Waals surface area (Å²) in [7, 11) is 0. The molecule has 28 heavy (non-hydrogen) atoms. The van der Waals surface area contributed by atoms with Crippen LogP contribution in [0.4, 0.5) is 0 Å². The Morgan fingerprint density at radius 1 is 0.786 bits per heavy atom. The number of thiophene rings is 3. The van der Waals surface area contributed by atoms with E-state index in [2.05, 4.69) is 80.4 Å². The molecule has 2 aromatic carbocycles. The first-order valence-electron chi connectivity index (χ1n) is 8.89. The van der Waals surface area contributed by atoms with Gasteiger partial charge in [-0.2, -0.15) is 0 Å². The Kier molecular flexibility index (Phi) is 3.64. The summed E-state index contributed by atoms with van der Waals surface area (Å²) in [4.78, 5) is 3.06. The van der Waals surface area contributed by atoms with Crippen molar-refractivity contribution in [1.29, 1.82) is 0 Å². The Balaban J connectivity index is 1.52. The van der Waals surface area contributed by atoms with E-state index in [1.807, 2.05) is 45.8 Å². The fourth-order valence-electron chi connectivity index (χ4n) is 4.28. The molecule has 5 aromatic rings. The number of thioether (sulfide) groups is 1. The summed E-state index contributed by atoms with van der Waals surface area (Å²) in [6.07, 6.45) is 6.94. The monoisotopic (exact) mass is 560 g/mol. The molecule has 0 amide bonds. The van der Waals surface area contributed by atoms with Crippen LogP contribution in [0.1, 0.15) is 10.8 Å². The highest BCUT2D eigenvalue weighted by atomic mass is 79.9. The lowest BCUT2D eigenvalue weighted by molar-refractivity contribution is 0.903. The minimum absolute atomic E-state index is 0.521. The highest BCUT2D eigenvalue weighted by Gasteiger charge is 2.35. The first-order valence-corrected chi connectivity index (χ1v) is 13.8. The van der Waals surface area contributed by atoms with E-state index in [4.69, 9.17) is 0 Å². The molecule has 0 radical (unpaired) electrons. The van der Waals surface area contributed by atoms with Gasteiger partial charge in [0.25, 0.3) is 0 Å². The second-order valence-electron chi connectivity index (χ2n) is 7.14. The second-order valence-corrected chi connectivity index (χ2v) is 13.3. The molecule has 3 aromatic heterocycles. The third kappa shape index (κ3) is 2.22. The van der Waals surface area contributed by atoms with E-state index < -0.39 is 0 Å². The normalized spacial score (nSPS) is 21.1. The number of benzene rings is 2. The Morgan fingerprint density at radius 3 is 2.46 bits per heavy atom. The van der Waals surface area contributed by atoms with Crippen molar-refractivity contribution in [2.24, 2.45) is 0 Å². The van der Waals surface area contributed by atoms with Crippen molar-refractivity contribution < 1.29 is 0 Å². The minimum Gasteiger partial charge on any atom is -0.137 e. The van der Waals surface area contributed by atoms with Crippen LogP contribution in [0.2, 0.25) is 0 Å². The van der Waals surface area contributed by atoms with Crippen LogP contribution in [0.15, 0.2) is 62.4 Å². The summed E-state index contributed by atoms with van der Waals surface area (Å²) in [5.41, 5.74) is 0. The number of fused-ring (bicyclic) bond motifs is 11. The third-order valence-corrected chi connectivity index (χ3v) is 12.1. The molecule has 4 heterocycles. The molecule has 0 spiro atoms. The van der Waals surface area contributed by atoms with Gasteiger partial charge in [-0.05, 0) is 12.1 Å². The van der Waals surface area contributed by atoms with Gasteiger partial charge in [-0.1, -0.05) is 68.3 Å². The molecule has 2 aliphatic rings. The molecule has 2 atom stereocenters. The van der Waals surface area contributed by atoms with Crippen molar-refractivity contribution in [3.8, 4) is 0 Å². The molecular weight excluding hydrogens is 552 g/mol. The highest BCUT2D eigenvalue weighted by Crippen LogP contribution is 2.58. The molecule has 0 fully saturated rings. The van der Waals surface area contributed by atoms with Gasteiger partial charge in [-0.3, -0.25) is 0 Å². The van der Waals surface area contributed by atoms with E-state index >= 15 is 0 Å². The lowest BCUT2D eigenvalue weighted by Gasteiger charge is -2.16. The number of hydrogen-bond donors (Lipinski definition) is 0. The van der Waals surface area contributed by atoms with Crippen LogP contribution in [0.25, 0.3) is 39.7 Å². The van der Waals surface area contributed by atoms with Gasteiger partial charge < -0.3 is 0 Å². The Morgan fingerprint density at radius 2 is 1.54 bits per heavy atom. The van der Waals surface area contributed by atoms with Crippen LogP contribution in [-0.2, 0) is 0 Å². The highest BCUT2D eigenvalue weighted by molar-refractivity contribution is 9.12. The van der Waals surface area contributed by atoms with Crippen LogP contribution in [0.3, 0.4) is 0 Å². The molecule has 0 saturated heterocycles. The number of allylic oxidation sites excluding steroid dienone is 3. The van der Waals surface area contributed by atoms with Crippen LogP contribution in [0, 0.1) is 0 Å². The van der Waals surface area contributed by atoms with Crippen LogP contribution in [-0.4, -0.2) is 5.25 Å². The van der Waals surface area contributed by atoms with Gasteiger partial charge in [0.2, 0.25) is 0 Å². The van der Waals surface area contributed by atoms with Crippen LogP contribution in [0.5, 0.6) is 0 Å². The molecule has 6 heteroatoms. The van der Waals surface area contributed by atoms with Gasteiger partial charge in [0, 0.05) is 50.8 Å². The van der Waals surface area contributed by atoms with Gasteiger partial charge in [-0.15, -0.1) is 45.8 Å². The van der Waals surface area contributed by atoms with Gasteiger partial charge in [-0.25, -0.2) is 0 Å². The largest absolute Gasteiger partial charge is 0.137 e. The number of rotatable bonds is 0. The van der Waals surface area contributed by atoms with Crippen molar-refractivity contribution in [2.75, 3.05) is 0 Å². The second kappa shape index (κ2) is 5.96. The molecule has 2 unspecified atom stereocenters. The summed E-state index contributed by atoms with van der Waals surface area (Å²) in [6, 6.07) is 11.4. The number of halogens is 2. The van der Waals surface area contributed by atoms with E-state index in [1.54, 1.807) is 4.88 Å². The summed E-state index contributed by atoms with van der Waals surface area (Å²) in [6.45, 7) is 0. The Hall–Kier alpha value is -0.630. The molecule has 0 N–H and O–H groups in total. The van der Waals surface area contributed by atoms with Crippen molar-refractivity contribution in [3.05, 3.63) is 62.4 Å². The quantitative estimate of drug-likeness (QED) is 0.181. The zero-order valence-electron chi connectivity index (χ0n) is 14.2. The van der Waals surface area contributed by atoms with Crippen molar-refractivity contribution >= 4 is 117 Å². The molecule has 7 rings (SSSR count). The Bertz CT molecular complexity index is 1530. The first kappa shape index (κ1) is 17.1. The zero-order chi connectivity index (χ0) is 18.6. The van der Waals surface area contributed by atoms with Crippen molar-refractivity contribution in [1.82, 2.24) is 0 Å². The predicted octanol–water partition coefficient (Wildman–Crippen LogP) is 9.65. The van der Waals surface area contributed by atoms with Crippen LogP contribution >= 0.6 is 77.6 Å². The van der Waals surface area contributed by atoms with Gasteiger partial charge >= 0.3 is 0 Å². The van der Waals surface area contributed by atoms with E-state index in [0.717, 1.165) is 4.47 Å². The molecule has 1 aliphatic heterocycles. The Labute approximate surface area is 194 Å². The lowest BCUT2D eigenvalue weighted by Crippen LogP contribution is -2.07. The number of hydrogen-bond acceptors (Lipinski definition) is 4. The molecular formula is C22H10Br2S4. The SMILES string of the molecule is BrC1=CC2Sc3c(sc4c3ccc3c4sc4c5ccc(Br)cc5sc34)C2C=C1. The fourth-order valence-corrected chi connectivity index (χ4v) is 11.5.